The monoisotopic (exact) mass is 296 g/mol. The summed E-state index contributed by atoms with van der Waals surface area (Å²) in [5, 5.41) is 9.14. The topological polar surface area (TPSA) is 72.9 Å². The fourth-order valence-corrected chi connectivity index (χ4v) is 3.69. The molecule has 0 spiro atoms. The van der Waals surface area contributed by atoms with Crippen molar-refractivity contribution in [3.05, 3.63) is 11.8 Å². The largest absolute Gasteiger partial charge is 0.368 e. The Hall–Kier alpha value is -1.01. The van der Waals surface area contributed by atoms with Crippen molar-refractivity contribution in [3.63, 3.8) is 0 Å². The Morgan fingerprint density at radius 3 is 2.80 bits per heavy atom. The zero-order valence-electron chi connectivity index (χ0n) is 12.6. The minimum absolute atomic E-state index is 0.266. The molecule has 6 heteroatoms. The first-order valence-corrected chi connectivity index (χ1v) is 7.93. The number of nitrogens with two attached hydrogens (primary N) is 1. The Morgan fingerprint density at radius 1 is 1.70 bits per heavy atom. The fourth-order valence-electron chi connectivity index (χ4n) is 2.43. The van der Waals surface area contributed by atoms with Crippen LogP contribution in [0.2, 0.25) is 0 Å². The third-order valence-electron chi connectivity index (χ3n) is 3.62. The van der Waals surface area contributed by atoms with Crippen molar-refractivity contribution in [2.45, 2.75) is 61.9 Å². The number of hydrogen-bond donors (Lipinski definition) is 2. The van der Waals surface area contributed by atoms with Crippen molar-refractivity contribution in [1.82, 2.24) is 15.1 Å². The molecular weight excluding hydrogens is 272 g/mol. The van der Waals surface area contributed by atoms with Crippen LogP contribution in [0.5, 0.6) is 0 Å². The van der Waals surface area contributed by atoms with E-state index < -0.39 is 5.54 Å². The molecule has 0 bridgehead atoms. The maximum atomic E-state index is 11.8. The molecule has 1 heterocycles. The van der Waals surface area contributed by atoms with E-state index in [9.17, 15) is 4.79 Å². The Balaban J connectivity index is 1.99. The van der Waals surface area contributed by atoms with Crippen LogP contribution in [0.15, 0.2) is 11.1 Å². The first-order valence-electron chi connectivity index (χ1n) is 7.05. The van der Waals surface area contributed by atoms with Gasteiger partial charge in [-0.2, -0.15) is 5.10 Å². The SMILES string of the molecule is Cc1cc(SC(C)CC(C)(NC2CC2)C(N)=O)n(C)n1. The van der Waals surface area contributed by atoms with Crippen LogP contribution in [0.25, 0.3) is 0 Å². The highest BCUT2D eigenvalue weighted by atomic mass is 32.2. The molecule has 20 heavy (non-hydrogen) atoms. The number of carbonyl (C=O) groups is 1. The Kier molecular flexibility index (Phi) is 4.44. The van der Waals surface area contributed by atoms with Crippen molar-refractivity contribution >= 4 is 17.7 Å². The van der Waals surface area contributed by atoms with Crippen molar-refractivity contribution < 1.29 is 4.79 Å². The van der Waals surface area contributed by atoms with Gasteiger partial charge in [0, 0.05) is 18.3 Å². The molecule has 0 aliphatic heterocycles. The molecule has 1 aliphatic carbocycles. The van der Waals surface area contributed by atoms with E-state index in [1.165, 1.54) is 0 Å². The lowest BCUT2D eigenvalue weighted by Gasteiger charge is -2.30. The molecule has 5 nitrogen and oxygen atoms in total. The van der Waals surface area contributed by atoms with Crippen molar-refractivity contribution in [3.8, 4) is 0 Å². The molecule has 2 unspecified atom stereocenters. The zero-order chi connectivity index (χ0) is 14.9. The summed E-state index contributed by atoms with van der Waals surface area (Å²) in [4.78, 5) is 11.8. The molecule has 0 aromatic carbocycles. The molecule has 1 fully saturated rings. The fraction of sp³-hybridized carbons (Fsp3) is 0.714. The number of aromatic nitrogens is 2. The summed E-state index contributed by atoms with van der Waals surface area (Å²) in [7, 11) is 1.94. The maximum absolute atomic E-state index is 11.8. The van der Waals surface area contributed by atoms with Gasteiger partial charge in [-0.3, -0.25) is 9.48 Å². The van der Waals surface area contributed by atoms with Crippen LogP contribution in [-0.4, -0.2) is 32.5 Å². The number of thioether (sulfide) groups is 1. The van der Waals surface area contributed by atoms with Gasteiger partial charge in [0.1, 0.15) is 0 Å². The quantitative estimate of drug-likeness (QED) is 0.750. The molecule has 2 rings (SSSR count). The lowest BCUT2D eigenvalue weighted by atomic mass is 9.95. The summed E-state index contributed by atoms with van der Waals surface area (Å²) in [5.74, 6) is -0.266. The summed E-state index contributed by atoms with van der Waals surface area (Å²) < 4.78 is 1.88. The molecule has 1 saturated carbocycles. The van der Waals surface area contributed by atoms with Crippen LogP contribution < -0.4 is 11.1 Å². The van der Waals surface area contributed by atoms with Gasteiger partial charge in [0.05, 0.1) is 16.3 Å². The number of primary amides is 1. The number of nitrogens with one attached hydrogen (secondary N) is 1. The second kappa shape index (κ2) is 5.77. The summed E-state index contributed by atoms with van der Waals surface area (Å²) in [5.41, 5.74) is 5.98. The molecule has 2 atom stereocenters. The number of hydrogen-bond acceptors (Lipinski definition) is 4. The van der Waals surface area contributed by atoms with Gasteiger partial charge in [-0.15, -0.1) is 11.8 Å². The van der Waals surface area contributed by atoms with Gasteiger partial charge in [-0.05, 0) is 39.2 Å². The van der Waals surface area contributed by atoms with Gasteiger partial charge in [-0.25, -0.2) is 0 Å². The van der Waals surface area contributed by atoms with Crippen LogP contribution in [-0.2, 0) is 11.8 Å². The average Bonchev–Trinajstić information content (AvgIpc) is 3.05. The highest BCUT2D eigenvalue weighted by Crippen LogP contribution is 2.31. The Labute approximate surface area is 124 Å². The third-order valence-corrected chi connectivity index (χ3v) is 4.81. The molecule has 1 amide bonds. The summed E-state index contributed by atoms with van der Waals surface area (Å²) in [6, 6.07) is 2.53. The van der Waals surface area contributed by atoms with Crippen LogP contribution in [0.3, 0.4) is 0 Å². The van der Waals surface area contributed by atoms with Crippen LogP contribution in [0.1, 0.15) is 38.8 Å². The van der Waals surface area contributed by atoms with Gasteiger partial charge in [0.2, 0.25) is 5.91 Å². The van der Waals surface area contributed by atoms with E-state index >= 15 is 0 Å². The summed E-state index contributed by atoms with van der Waals surface area (Å²) in [6.45, 7) is 6.03. The molecule has 3 N–H and O–H groups in total. The van der Waals surface area contributed by atoms with E-state index in [1.807, 2.05) is 25.6 Å². The minimum Gasteiger partial charge on any atom is -0.368 e. The Bertz CT molecular complexity index is 497. The van der Waals surface area contributed by atoms with Crippen LogP contribution >= 0.6 is 11.8 Å². The van der Waals surface area contributed by atoms with E-state index in [1.54, 1.807) is 11.8 Å². The smallest absolute Gasteiger partial charge is 0.237 e. The van der Waals surface area contributed by atoms with Crippen LogP contribution in [0.4, 0.5) is 0 Å². The van der Waals surface area contributed by atoms with Crippen molar-refractivity contribution in [2.24, 2.45) is 12.8 Å². The lowest BCUT2D eigenvalue weighted by molar-refractivity contribution is -0.124. The first-order chi connectivity index (χ1) is 9.30. The van der Waals surface area contributed by atoms with E-state index in [-0.39, 0.29) is 11.2 Å². The number of rotatable bonds is 7. The maximum Gasteiger partial charge on any atom is 0.237 e. The molecular formula is C14H24N4OS. The third kappa shape index (κ3) is 3.76. The first kappa shape index (κ1) is 15.4. The molecule has 0 radical (unpaired) electrons. The number of carbonyl (C=O) groups excluding carboxylic acids is 1. The van der Waals surface area contributed by atoms with Gasteiger partial charge in [-0.1, -0.05) is 6.92 Å². The molecule has 1 aromatic heterocycles. The Morgan fingerprint density at radius 2 is 2.35 bits per heavy atom. The molecule has 1 aromatic rings. The predicted octanol–water partition coefficient (Wildman–Crippen LogP) is 1.60. The lowest BCUT2D eigenvalue weighted by Crippen LogP contribution is -2.55. The highest BCUT2D eigenvalue weighted by Gasteiger charge is 2.38. The number of aryl methyl sites for hydroxylation is 2. The van der Waals surface area contributed by atoms with E-state index in [4.69, 9.17) is 5.73 Å². The van der Waals surface area contributed by atoms with E-state index in [0.717, 1.165) is 23.6 Å². The standard InChI is InChI=1S/C14H24N4OS/c1-9-7-12(18(4)17-9)20-10(2)8-14(3,13(15)19)16-11-5-6-11/h7,10-11,16H,5-6,8H2,1-4H3,(H2,15,19). The number of nitrogens with zero attached hydrogens (tertiary/aromatic N) is 2. The normalized spacial score (nSPS) is 19.6. The van der Waals surface area contributed by atoms with Gasteiger partial charge in [0.25, 0.3) is 0 Å². The zero-order valence-corrected chi connectivity index (χ0v) is 13.5. The average molecular weight is 296 g/mol. The second-order valence-electron chi connectivity index (χ2n) is 6.00. The van der Waals surface area contributed by atoms with E-state index in [2.05, 4.69) is 23.4 Å². The van der Waals surface area contributed by atoms with Crippen LogP contribution in [0, 0.1) is 6.92 Å². The van der Waals surface area contributed by atoms with Gasteiger partial charge >= 0.3 is 0 Å². The highest BCUT2D eigenvalue weighted by molar-refractivity contribution is 7.99. The van der Waals surface area contributed by atoms with Crippen molar-refractivity contribution in [1.29, 1.82) is 0 Å². The summed E-state index contributed by atoms with van der Waals surface area (Å²) >= 11 is 1.74. The number of amides is 1. The van der Waals surface area contributed by atoms with Crippen molar-refractivity contribution in [2.75, 3.05) is 0 Å². The van der Waals surface area contributed by atoms with Gasteiger partial charge < -0.3 is 11.1 Å². The van der Waals surface area contributed by atoms with E-state index in [0.29, 0.717) is 12.5 Å². The molecule has 112 valence electrons. The second-order valence-corrected chi connectivity index (χ2v) is 7.45. The summed E-state index contributed by atoms with van der Waals surface area (Å²) in [6.07, 6.45) is 3.00. The molecule has 1 aliphatic rings. The van der Waals surface area contributed by atoms with Gasteiger partial charge in [0.15, 0.2) is 0 Å². The molecule has 0 saturated heterocycles. The minimum atomic E-state index is -0.624. The predicted molar refractivity (Wildman–Crippen MR) is 81.6 cm³/mol.